The van der Waals surface area contributed by atoms with Crippen molar-refractivity contribution in [2.45, 2.75) is 19.4 Å². The van der Waals surface area contributed by atoms with E-state index in [-0.39, 0.29) is 6.10 Å². The summed E-state index contributed by atoms with van der Waals surface area (Å²) in [6, 6.07) is 6.26. The van der Waals surface area contributed by atoms with Crippen LogP contribution in [0.25, 0.3) is 10.9 Å². The number of nitrogens with two attached hydrogens (primary N) is 1. The van der Waals surface area contributed by atoms with Gasteiger partial charge in [-0.2, -0.15) is 0 Å². The number of aromatic amines is 1. The van der Waals surface area contributed by atoms with Gasteiger partial charge < -0.3 is 20.4 Å². The highest BCUT2D eigenvalue weighted by atomic mass is 79.9. The molecule has 1 fully saturated rings. The topological polar surface area (TPSA) is 66.6 Å². The van der Waals surface area contributed by atoms with Crippen LogP contribution in [0.15, 0.2) is 33.9 Å². The van der Waals surface area contributed by atoms with E-state index in [1.807, 2.05) is 6.07 Å². The molecule has 1 aromatic carbocycles. The van der Waals surface area contributed by atoms with E-state index in [1.54, 1.807) is 0 Å². The SMILES string of the molecule is CC1CN(C(N)=NCCc2c[nH]c3ccc(Br)cc23)CCO1. The summed E-state index contributed by atoms with van der Waals surface area (Å²) in [7, 11) is 0. The van der Waals surface area contributed by atoms with Crippen molar-refractivity contribution < 1.29 is 4.74 Å². The molecule has 1 aliphatic rings. The zero-order valence-electron chi connectivity index (χ0n) is 12.7. The average Bonchev–Trinajstić information content (AvgIpc) is 2.89. The molecule has 5 nitrogen and oxygen atoms in total. The van der Waals surface area contributed by atoms with E-state index in [0.29, 0.717) is 19.1 Å². The second kappa shape index (κ2) is 6.71. The zero-order chi connectivity index (χ0) is 15.5. The van der Waals surface area contributed by atoms with Crippen molar-refractivity contribution in [2.24, 2.45) is 10.7 Å². The summed E-state index contributed by atoms with van der Waals surface area (Å²) < 4.78 is 6.61. The Balaban J connectivity index is 1.64. The molecular formula is C16H21BrN4O. The van der Waals surface area contributed by atoms with Crippen LogP contribution in [0.1, 0.15) is 12.5 Å². The van der Waals surface area contributed by atoms with Crippen molar-refractivity contribution in [1.82, 2.24) is 9.88 Å². The highest BCUT2D eigenvalue weighted by Gasteiger charge is 2.17. The van der Waals surface area contributed by atoms with Crippen LogP contribution in [0.2, 0.25) is 0 Å². The predicted molar refractivity (Wildman–Crippen MR) is 93.2 cm³/mol. The fourth-order valence-electron chi connectivity index (χ4n) is 2.77. The molecule has 3 rings (SSSR count). The van der Waals surface area contributed by atoms with E-state index in [4.69, 9.17) is 10.5 Å². The van der Waals surface area contributed by atoms with Gasteiger partial charge in [-0.05, 0) is 37.1 Å². The second-order valence-electron chi connectivity index (χ2n) is 5.62. The van der Waals surface area contributed by atoms with E-state index >= 15 is 0 Å². The standard InChI is InChI=1S/C16H21BrN4O/c1-11-10-21(6-7-22-11)16(18)19-5-4-12-9-20-15-3-2-13(17)8-14(12)15/h2-3,8-9,11,20H,4-7,10H2,1H3,(H2,18,19). The first kappa shape index (κ1) is 15.4. The van der Waals surface area contributed by atoms with Gasteiger partial charge in [-0.25, -0.2) is 0 Å². The van der Waals surface area contributed by atoms with E-state index in [2.05, 4.69) is 56.1 Å². The second-order valence-corrected chi connectivity index (χ2v) is 6.54. The number of aromatic nitrogens is 1. The maximum atomic E-state index is 6.09. The first-order valence-corrected chi connectivity index (χ1v) is 8.35. The molecule has 0 bridgehead atoms. The third kappa shape index (κ3) is 3.44. The Morgan fingerprint density at radius 2 is 2.41 bits per heavy atom. The molecule has 0 saturated carbocycles. The molecule has 3 N–H and O–H groups in total. The maximum Gasteiger partial charge on any atom is 0.191 e. The Kier molecular flexibility index (Phi) is 4.69. The summed E-state index contributed by atoms with van der Waals surface area (Å²) in [5.74, 6) is 0.621. The first-order chi connectivity index (χ1) is 10.6. The maximum absolute atomic E-state index is 6.09. The number of hydrogen-bond donors (Lipinski definition) is 2. The molecule has 0 amide bonds. The summed E-state index contributed by atoms with van der Waals surface area (Å²) in [6.07, 6.45) is 3.14. The number of ether oxygens (including phenoxy) is 1. The van der Waals surface area contributed by atoms with Gasteiger partial charge in [0, 0.05) is 41.2 Å². The van der Waals surface area contributed by atoms with E-state index in [1.165, 1.54) is 10.9 Å². The minimum atomic E-state index is 0.216. The van der Waals surface area contributed by atoms with Crippen LogP contribution in [0.5, 0.6) is 0 Å². The minimum Gasteiger partial charge on any atom is -0.375 e. The van der Waals surface area contributed by atoms with Crippen LogP contribution in [-0.2, 0) is 11.2 Å². The summed E-state index contributed by atoms with van der Waals surface area (Å²) in [6.45, 7) is 5.10. The normalized spacial score (nSPS) is 19.8. The lowest BCUT2D eigenvalue weighted by Crippen LogP contribution is -2.47. The van der Waals surface area contributed by atoms with Gasteiger partial charge in [-0.1, -0.05) is 15.9 Å². The van der Waals surface area contributed by atoms with Gasteiger partial charge in [0.15, 0.2) is 5.96 Å². The Labute approximate surface area is 138 Å². The summed E-state index contributed by atoms with van der Waals surface area (Å²) in [5, 5.41) is 1.24. The third-order valence-electron chi connectivity index (χ3n) is 3.95. The Morgan fingerprint density at radius 1 is 1.55 bits per heavy atom. The number of benzene rings is 1. The van der Waals surface area contributed by atoms with Crippen molar-refractivity contribution in [2.75, 3.05) is 26.2 Å². The van der Waals surface area contributed by atoms with Gasteiger partial charge in [0.05, 0.1) is 12.7 Å². The van der Waals surface area contributed by atoms with Crippen LogP contribution in [0.3, 0.4) is 0 Å². The Bertz CT molecular complexity index is 682. The lowest BCUT2D eigenvalue weighted by Gasteiger charge is -2.31. The van der Waals surface area contributed by atoms with Crippen molar-refractivity contribution in [3.8, 4) is 0 Å². The molecule has 1 saturated heterocycles. The molecule has 22 heavy (non-hydrogen) atoms. The fraction of sp³-hybridized carbons (Fsp3) is 0.438. The molecule has 0 spiro atoms. The molecule has 0 radical (unpaired) electrons. The van der Waals surface area contributed by atoms with Crippen molar-refractivity contribution in [3.05, 3.63) is 34.4 Å². The van der Waals surface area contributed by atoms with Crippen LogP contribution < -0.4 is 5.73 Å². The number of H-pyrrole nitrogens is 1. The predicted octanol–water partition coefficient (Wildman–Crippen LogP) is 2.51. The number of fused-ring (bicyclic) bond motifs is 1. The summed E-state index contributed by atoms with van der Waals surface area (Å²) in [5.41, 5.74) is 8.51. The van der Waals surface area contributed by atoms with Crippen molar-refractivity contribution in [3.63, 3.8) is 0 Å². The van der Waals surface area contributed by atoms with Gasteiger partial charge in [-0.15, -0.1) is 0 Å². The van der Waals surface area contributed by atoms with E-state index < -0.39 is 0 Å². The number of halogens is 1. The van der Waals surface area contributed by atoms with Crippen LogP contribution in [-0.4, -0.2) is 48.2 Å². The Hall–Kier alpha value is -1.53. The Morgan fingerprint density at radius 3 is 3.23 bits per heavy atom. The zero-order valence-corrected chi connectivity index (χ0v) is 14.3. The van der Waals surface area contributed by atoms with E-state index in [9.17, 15) is 0 Å². The monoisotopic (exact) mass is 364 g/mol. The number of hydrogen-bond acceptors (Lipinski definition) is 2. The lowest BCUT2D eigenvalue weighted by atomic mass is 10.1. The molecular weight excluding hydrogens is 344 g/mol. The molecule has 1 aliphatic heterocycles. The molecule has 2 heterocycles. The molecule has 6 heteroatoms. The number of nitrogens with zero attached hydrogens (tertiary/aromatic N) is 2. The summed E-state index contributed by atoms with van der Waals surface area (Å²) >= 11 is 3.52. The molecule has 2 aromatic rings. The average molecular weight is 365 g/mol. The summed E-state index contributed by atoms with van der Waals surface area (Å²) in [4.78, 5) is 9.92. The van der Waals surface area contributed by atoms with Crippen LogP contribution in [0.4, 0.5) is 0 Å². The first-order valence-electron chi connectivity index (χ1n) is 7.55. The quantitative estimate of drug-likeness (QED) is 0.649. The molecule has 1 aromatic heterocycles. The fourth-order valence-corrected chi connectivity index (χ4v) is 3.14. The van der Waals surface area contributed by atoms with Crippen molar-refractivity contribution in [1.29, 1.82) is 0 Å². The number of morpholine rings is 1. The highest BCUT2D eigenvalue weighted by Crippen LogP contribution is 2.23. The van der Waals surface area contributed by atoms with Gasteiger partial charge >= 0.3 is 0 Å². The van der Waals surface area contributed by atoms with Crippen LogP contribution >= 0.6 is 15.9 Å². The largest absolute Gasteiger partial charge is 0.375 e. The number of aliphatic imine (C=N–C) groups is 1. The van der Waals surface area contributed by atoms with Crippen LogP contribution in [0, 0.1) is 0 Å². The molecule has 1 unspecified atom stereocenters. The molecule has 0 aliphatic carbocycles. The highest BCUT2D eigenvalue weighted by molar-refractivity contribution is 9.10. The number of rotatable bonds is 3. The smallest absolute Gasteiger partial charge is 0.191 e. The van der Waals surface area contributed by atoms with Gasteiger partial charge in [0.1, 0.15) is 0 Å². The third-order valence-corrected chi connectivity index (χ3v) is 4.44. The lowest BCUT2D eigenvalue weighted by molar-refractivity contribution is 0.00530. The van der Waals surface area contributed by atoms with Crippen molar-refractivity contribution >= 4 is 32.8 Å². The van der Waals surface area contributed by atoms with E-state index in [0.717, 1.165) is 29.5 Å². The van der Waals surface area contributed by atoms with Gasteiger partial charge in [0.2, 0.25) is 0 Å². The molecule has 1 atom stereocenters. The van der Waals surface area contributed by atoms with Gasteiger partial charge in [0.25, 0.3) is 0 Å². The minimum absolute atomic E-state index is 0.216. The number of nitrogens with one attached hydrogen (secondary N) is 1. The van der Waals surface area contributed by atoms with Gasteiger partial charge in [-0.3, -0.25) is 4.99 Å². The number of guanidine groups is 1. The molecule has 118 valence electrons.